The molecule has 2 amide bonds. The second-order valence-corrected chi connectivity index (χ2v) is 7.28. The van der Waals surface area contributed by atoms with Gasteiger partial charge < -0.3 is 10.1 Å². The molecular weight excluding hydrogens is 354 g/mol. The lowest BCUT2D eigenvalue weighted by molar-refractivity contribution is -0.146. The molecule has 0 unspecified atom stereocenters. The van der Waals surface area contributed by atoms with Crippen LogP contribution in [0.3, 0.4) is 0 Å². The van der Waals surface area contributed by atoms with Crippen LogP contribution >= 0.6 is 0 Å². The van der Waals surface area contributed by atoms with Crippen LogP contribution in [0.1, 0.15) is 29.2 Å². The van der Waals surface area contributed by atoms with Crippen LogP contribution in [0.2, 0.25) is 0 Å². The lowest BCUT2D eigenvalue weighted by Gasteiger charge is -2.37. The number of morpholine rings is 1. The number of hydrogen-bond donors (Lipinski definition) is 1. The summed E-state index contributed by atoms with van der Waals surface area (Å²) in [7, 11) is 0. The molecule has 3 aliphatic rings. The molecule has 5 rings (SSSR count). The Morgan fingerprint density at radius 2 is 2.00 bits per heavy atom. The van der Waals surface area contributed by atoms with E-state index in [9.17, 15) is 9.59 Å². The van der Waals surface area contributed by atoms with E-state index in [2.05, 4.69) is 35.6 Å². The van der Waals surface area contributed by atoms with Crippen molar-refractivity contribution in [1.82, 2.24) is 10.3 Å². The van der Waals surface area contributed by atoms with Crippen LogP contribution in [-0.2, 0) is 27.3 Å². The fourth-order valence-corrected chi connectivity index (χ4v) is 4.34. The normalized spacial score (nSPS) is 17.6. The second-order valence-electron chi connectivity index (χ2n) is 7.28. The number of anilines is 1. The molecule has 28 heavy (non-hydrogen) atoms. The topological polar surface area (TPSA) is 61.9 Å². The third-order valence-corrected chi connectivity index (χ3v) is 5.57. The first-order valence-electron chi connectivity index (χ1n) is 9.51. The van der Waals surface area contributed by atoms with Gasteiger partial charge in [-0.05, 0) is 34.4 Å². The number of carbonyl (C=O) groups is 2. The molecule has 1 fully saturated rings. The first-order chi connectivity index (χ1) is 13.6. The van der Waals surface area contributed by atoms with Crippen LogP contribution in [0.25, 0.3) is 11.3 Å². The van der Waals surface area contributed by atoms with Gasteiger partial charge in [-0.25, -0.2) is 10.0 Å². The minimum absolute atomic E-state index is 0.00474. The predicted molar refractivity (Wildman–Crippen MR) is 106 cm³/mol. The number of allylic oxidation sites excluding steroid dienone is 1. The molecule has 142 valence electrons. The highest BCUT2D eigenvalue weighted by atomic mass is 16.5. The molecule has 2 aromatic rings. The number of amides is 2. The Kier molecular flexibility index (Phi) is 3.94. The summed E-state index contributed by atoms with van der Waals surface area (Å²) in [5, 5.41) is 6.51. The lowest BCUT2D eigenvalue weighted by Crippen LogP contribution is -2.54. The monoisotopic (exact) mass is 375 g/mol. The zero-order chi connectivity index (χ0) is 19.3. The van der Waals surface area contributed by atoms with E-state index in [-0.39, 0.29) is 18.4 Å². The summed E-state index contributed by atoms with van der Waals surface area (Å²) in [6, 6.07) is 14.5. The number of hydrogen-bond acceptors (Lipinski definition) is 4. The van der Waals surface area contributed by atoms with Crippen LogP contribution in [0.5, 0.6) is 0 Å². The van der Waals surface area contributed by atoms with Crippen LogP contribution in [0.15, 0.2) is 42.5 Å². The number of benzene rings is 2. The standard InChI is InChI=1S/C22H21N3O3/c1-14(26)25(24-8-9-28-13-21(24)27)17-6-7-18-16(10-17)12-23-22-19-5-3-2-4-15(19)11-20(18)22/h2-7,10,23H,8-9,11-13H2,1H3. The van der Waals surface area contributed by atoms with Gasteiger partial charge in [0.25, 0.3) is 5.91 Å². The SMILES string of the molecule is CC(=O)N(c1ccc2c(c1)CNC1=C2Cc2ccccc21)N1CCOCC1=O. The number of rotatable bonds is 2. The first-order valence-corrected chi connectivity index (χ1v) is 9.51. The maximum absolute atomic E-state index is 12.4. The molecular formula is C22H21N3O3. The lowest BCUT2D eigenvalue weighted by atomic mass is 9.94. The summed E-state index contributed by atoms with van der Waals surface area (Å²) in [6.07, 6.45) is 0.906. The zero-order valence-corrected chi connectivity index (χ0v) is 15.7. The maximum atomic E-state index is 12.4. The first kappa shape index (κ1) is 17.0. The number of ether oxygens (including phenoxy) is 1. The molecule has 2 aliphatic heterocycles. The molecule has 1 saturated heterocycles. The van der Waals surface area contributed by atoms with Crippen molar-refractivity contribution in [2.24, 2.45) is 0 Å². The van der Waals surface area contributed by atoms with Gasteiger partial charge >= 0.3 is 0 Å². The van der Waals surface area contributed by atoms with Crippen molar-refractivity contribution >= 4 is 28.8 Å². The van der Waals surface area contributed by atoms with E-state index in [1.165, 1.54) is 44.9 Å². The summed E-state index contributed by atoms with van der Waals surface area (Å²) >= 11 is 0. The van der Waals surface area contributed by atoms with Gasteiger partial charge in [0.15, 0.2) is 0 Å². The van der Waals surface area contributed by atoms with Gasteiger partial charge in [0.2, 0.25) is 5.91 Å². The van der Waals surface area contributed by atoms with Gasteiger partial charge in [0.05, 0.1) is 18.8 Å². The molecule has 2 aromatic carbocycles. The molecule has 0 atom stereocenters. The van der Waals surface area contributed by atoms with Crippen molar-refractivity contribution in [3.8, 4) is 0 Å². The Labute approximate surface area is 163 Å². The Balaban J connectivity index is 1.52. The molecule has 1 N–H and O–H groups in total. The number of nitrogens with one attached hydrogen (secondary N) is 1. The fourth-order valence-electron chi connectivity index (χ4n) is 4.34. The number of carbonyl (C=O) groups excluding carboxylic acids is 2. The average Bonchev–Trinajstić information content (AvgIpc) is 3.08. The van der Waals surface area contributed by atoms with Crippen LogP contribution in [0.4, 0.5) is 5.69 Å². The molecule has 0 saturated carbocycles. The highest BCUT2D eigenvalue weighted by molar-refractivity contribution is 5.99. The Hall–Kier alpha value is -3.12. The maximum Gasteiger partial charge on any atom is 0.267 e. The van der Waals surface area contributed by atoms with Crippen molar-refractivity contribution in [2.75, 3.05) is 24.8 Å². The minimum Gasteiger partial charge on any atom is -0.380 e. The van der Waals surface area contributed by atoms with Crippen LogP contribution < -0.4 is 10.3 Å². The number of hydrazine groups is 1. The third-order valence-electron chi connectivity index (χ3n) is 5.57. The second kappa shape index (κ2) is 6.49. The molecule has 0 aromatic heterocycles. The van der Waals surface area contributed by atoms with Crippen LogP contribution in [0, 0.1) is 0 Å². The van der Waals surface area contributed by atoms with E-state index in [4.69, 9.17) is 4.74 Å². The zero-order valence-electron chi connectivity index (χ0n) is 15.7. The highest BCUT2D eigenvalue weighted by Gasteiger charge is 2.31. The van der Waals surface area contributed by atoms with E-state index in [1.807, 2.05) is 12.1 Å². The van der Waals surface area contributed by atoms with Gasteiger partial charge in [-0.3, -0.25) is 9.59 Å². The van der Waals surface area contributed by atoms with E-state index >= 15 is 0 Å². The van der Waals surface area contributed by atoms with E-state index in [1.54, 1.807) is 0 Å². The Morgan fingerprint density at radius 1 is 1.14 bits per heavy atom. The fraction of sp³-hybridized carbons (Fsp3) is 0.273. The van der Waals surface area contributed by atoms with Crippen molar-refractivity contribution < 1.29 is 14.3 Å². The molecule has 2 heterocycles. The smallest absolute Gasteiger partial charge is 0.267 e. The van der Waals surface area contributed by atoms with Crippen LogP contribution in [-0.4, -0.2) is 36.6 Å². The molecule has 0 radical (unpaired) electrons. The number of nitrogens with zero attached hydrogens (tertiary/aromatic N) is 2. The van der Waals surface area contributed by atoms with Gasteiger partial charge in [-0.1, -0.05) is 30.3 Å². The molecule has 6 heteroatoms. The minimum atomic E-state index is -0.200. The summed E-state index contributed by atoms with van der Waals surface area (Å²) in [5.41, 5.74) is 8.18. The largest absolute Gasteiger partial charge is 0.380 e. The van der Waals surface area contributed by atoms with Crippen molar-refractivity contribution in [3.05, 3.63) is 64.7 Å². The Morgan fingerprint density at radius 3 is 2.82 bits per heavy atom. The van der Waals surface area contributed by atoms with Gasteiger partial charge in [-0.15, -0.1) is 0 Å². The molecule has 1 aliphatic carbocycles. The average molecular weight is 375 g/mol. The summed E-state index contributed by atoms with van der Waals surface area (Å²) in [5.74, 6) is -0.388. The number of fused-ring (bicyclic) bond motifs is 4. The van der Waals surface area contributed by atoms with E-state index < -0.39 is 0 Å². The van der Waals surface area contributed by atoms with E-state index in [0.29, 0.717) is 25.4 Å². The summed E-state index contributed by atoms with van der Waals surface area (Å²) < 4.78 is 5.20. The highest BCUT2D eigenvalue weighted by Crippen LogP contribution is 2.41. The molecule has 0 spiro atoms. The molecule has 6 nitrogen and oxygen atoms in total. The summed E-state index contributed by atoms with van der Waals surface area (Å²) in [4.78, 5) is 24.6. The van der Waals surface area contributed by atoms with Crippen molar-refractivity contribution in [2.45, 2.75) is 19.9 Å². The molecule has 0 bridgehead atoms. The summed E-state index contributed by atoms with van der Waals surface area (Å²) in [6.45, 7) is 2.98. The van der Waals surface area contributed by atoms with Crippen molar-refractivity contribution in [1.29, 1.82) is 0 Å². The third kappa shape index (κ3) is 2.60. The van der Waals surface area contributed by atoms with E-state index in [0.717, 1.165) is 12.0 Å². The van der Waals surface area contributed by atoms with Gasteiger partial charge in [0.1, 0.15) is 6.61 Å². The van der Waals surface area contributed by atoms with Gasteiger partial charge in [0, 0.05) is 31.1 Å². The van der Waals surface area contributed by atoms with Gasteiger partial charge in [-0.2, -0.15) is 0 Å². The Bertz CT molecular complexity index is 1030. The predicted octanol–water partition coefficient (Wildman–Crippen LogP) is 2.34. The van der Waals surface area contributed by atoms with Crippen molar-refractivity contribution in [3.63, 3.8) is 0 Å². The quantitative estimate of drug-likeness (QED) is 0.875.